The molecule has 0 fully saturated rings. The van der Waals surface area contributed by atoms with Crippen LogP contribution in [0.3, 0.4) is 0 Å². The molecule has 0 amide bonds. The lowest BCUT2D eigenvalue weighted by atomic mass is 9.96. The number of unbranched alkanes of at least 4 members (excludes halogenated alkanes) is 3. The van der Waals surface area contributed by atoms with Crippen molar-refractivity contribution in [2.45, 2.75) is 78.6 Å². The first kappa shape index (κ1) is 23.7. The van der Waals surface area contributed by atoms with Gasteiger partial charge >= 0.3 is 0 Å². The largest absolute Gasteiger partial charge is 0.504 e. The average Bonchev–Trinajstić information content (AvgIpc) is 2.82. The third-order valence-electron chi connectivity index (χ3n) is 5.88. The molecule has 5 heteroatoms. The van der Waals surface area contributed by atoms with E-state index in [4.69, 9.17) is 0 Å². The van der Waals surface area contributed by atoms with Gasteiger partial charge in [0, 0.05) is 5.56 Å². The lowest BCUT2D eigenvalue weighted by Gasteiger charge is -2.13. The molecular weight excluding hydrogens is 398 g/mol. The predicted molar refractivity (Wildman–Crippen MR) is 130 cm³/mol. The highest BCUT2D eigenvalue weighted by Gasteiger charge is 2.17. The Bertz CT molecular complexity index is 1030. The Labute approximate surface area is 191 Å². The summed E-state index contributed by atoms with van der Waals surface area (Å²) in [5.41, 5.74) is 4.76. The van der Waals surface area contributed by atoms with E-state index in [-0.39, 0.29) is 11.5 Å². The van der Waals surface area contributed by atoms with Crippen LogP contribution in [0.15, 0.2) is 36.7 Å². The molecule has 3 aromatic rings. The highest BCUT2D eigenvalue weighted by atomic mass is 16.3. The Morgan fingerprint density at radius 2 is 1.25 bits per heavy atom. The zero-order valence-electron chi connectivity index (χ0n) is 19.6. The van der Waals surface area contributed by atoms with Gasteiger partial charge in [0.15, 0.2) is 23.1 Å². The molecule has 170 valence electrons. The summed E-state index contributed by atoms with van der Waals surface area (Å²) in [6.45, 7) is 6.51. The van der Waals surface area contributed by atoms with E-state index in [0.29, 0.717) is 17.2 Å². The van der Waals surface area contributed by atoms with Gasteiger partial charge < -0.3 is 10.2 Å². The Morgan fingerprint density at radius 3 is 1.94 bits per heavy atom. The molecular formula is C27H35N3O2. The molecule has 0 spiro atoms. The third kappa shape index (κ3) is 5.64. The van der Waals surface area contributed by atoms with E-state index in [1.807, 2.05) is 6.07 Å². The molecule has 0 radical (unpaired) electrons. The molecule has 0 aliphatic carbocycles. The number of hydrogen-bond donors (Lipinski definition) is 2. The third-order valence-corrected chi connectivity index (χ3v) is 5.88. The first-order valence-corrected chi connectivity index (χ1v) is 11.9. The van der Waals surface area contributed by atoms with Crippen LogP contribution in [0.1, 0.15) is 76.0 Å². The van der Waals surface area contributed by atoms with E-state index in [2.05, 4.69) is 53.9 Å². The van der Waals surface area contributed by atoms with Crippen molar-refractivity contribution in [1.82, 2.24) is 15.0 Å². The van der Waals surface area contributed by atoms with Gasteiger partial charge in [-0.1, -0.05) is 64.3 Å². The summed E-state index contributed by atoms with van der Waals surface area (Å²) < 4.78 is 0. The average molecular weight is 434 g/mol. The molecule has 0 unspecified atom stereocenters. The number of nitrogens with zero attached hydrogens (tertiary/aromatic N) is 3. The Balaban J connectivity index is 1.98. The lowest BCUT2D eigenvalue weighted by molar-refractivity contribution is 0.400. The van der Waals surface area contributed by atoms with E-state index < -0.39 is 0 Å². The van der Waals surface area contributed by atoms with Gasteiger partial charge in [0.25, 0.3) is 0 Å². The van der Waals surface area contributed by atoms with Crippen LogP contribution in [-0.4, -0.2) is 25.2 Å². The van der Waals surface area contributed by atoms with Crippen molar-refractivity contribution in [3.05, 3.63) is 53.3 Å². The first-order chi connectivity index (χ1) is 15.6. The van der Waals surface area contributed by atoms with E-state index >= 15 is 0 Å². The van der Waals surface area contributed by atoms with Crippen molar-refractivity contribution in [3.63, 3.8) is 0 Å². The number of phenols is 2. The number of hydrogen-bond acceptors (Lipinski definition) is 5. The molecule has 0 aliphatic heterocycles. The Morgan fingerprint density at radius 1 is 0.656 bits per heavy atom. The molecule has 2 N–H and O–H groups in total. The number of aryl methyl sites for hydroxylation is 3. The molecule has 3 rings (SSSR count). The van der Waals surface area contributed by atoms with E-state index in [9.17, 15) is 10.2 Å². The molecule has 2 aromatic carbocycles. The zero-order chi connectivity index (χ0) is 22.9. The number of aromatic nitrogens is 3. The van der Waals surface area contributed by atoms with Gasteiger partial charge in [-0.2, -0.15) is 0 Å². The van der Waals surface area contributed by atoms with E-state index in [0.717, 1.165) is 56.1 Å². The van der Waals surface area contributed by atoms with E-state index in [1.54, 1.807) is 6.07 Å². The van der Waals surface area contributed by atoms with Crippen molar-refractivity contribution in [3.8, 4) is 34.3 Å². The van der Waals surface area contributed by atoms with Crippen molar-refractivity contribution < 1.29 is 10.2 Å². The Hall–Kier alpha value is -2.95. The molecule has 0 saturated heterocycles. The van der Waals surface area contributed by atoms with Crippen LogP contribution in [0.5, 0.6) is 11.5 Å². The second-order valence-electron chi connectivity index (χ2n) is 8.40. The number of phenolic OH excluding ortho intramolecular Hbond substituents is 2. The van der Waals surface area contributed by atoms with Crippen LogP contribution < -0.4 is 0 Å². The second kappa shape index (κ2) is 11.6. The van der Waals surface area contributed by atoms with Crippen LogP contribution in [0.4, 0.5) is 0 Å². The molecule has 0 saturated carbocycles. The molecule has 5 nitrogen and oxygen atoms in total. The van der Waals surface area contributed by atoms with Crippen LogP contribution in [0.2, 0.25) is 0 Å². The summed E-state index contributed by atoms with van der Waals surface area (Å²) in [6, 6.07) is 10.2. The number of benzene rings is 2. The molecule has 0 aliphatic rings. The molecule has 32 heavy (non-hydrogen) atoms. The maximum atomic E-state index is 10.6. The summed E-state index contributed by atoms with van der Waals surface area (Å²) >= 11 is 0. The second-order valence-corrected chi connectivity index (χ2v) is 8.40. The minimum Gasteiger partial charge on any atom is -0.504 e. The fraction of sp³-hybridized carbons (Fsp3) is 0.444. The monoisotopic (exact) mass is 433 g/mol. The molecule has 1 aromatic heterocycles. The summed E-state index contributed by atoms with van der Waals surface area (Å²) in [5.74, 6) is 0.706. The van der Waals surface area contributed by atoms with Gasteiger partial charge in [-0.05, 0) is 61.3 Å². The maximum Gasteiger partial charge on any atom is 0.168 e. The van der Waals surface area contributed by atoms with Crippen molar-refractivity contribution >= 4 is 0 Å². The predicted octanol–water partition coefficient (Wildman–Crippen LogP) is 6.64. The summed E-state index contributed by atoms with van der Waals surface area (Å²) in [7, 11) is 0. The first-order valence-electron chi connectivity index (χ1n) is 11.9. The fourth-order valence-electron chi connectivity index (χ4n) is 3.90. The standard InChI is InChI=1S/C27H35N3O2/c1-4-7-10-19-13-15-22(21(17-19)12-9-6-3)26-28-18-29-27(30-26)23-16-14-20(11-8-5-2)24(31)25(23)32/h13-18,31-32H,4-12H2,1-3H3. The highest BCUT2D eigenvalue weighted by molar-refractivity contribution is 5.71. The van der Waals surface area contributed by atoms with Crippen molar-refractivity contribution in [2.24, 2.45) is 0 Å². The van der Waals surface area contributed by atoms with Gasteiger partial charge in [-0.25, -0.2) is 15.0 Å². The number of aromatic hydroxyl groups is 2. The Kier molecular flexibility index (Phi) is 8.60. The van der Waals surface area contributed by atoms with Gasteiger partial charge in [-0.15, -0.1) is 0 Å². The minimum atomic E-state index is -0.170. The van der Waals surface area contributed by atoms with Crippen molar-refractivity contribution in [1.29, 1.82) is 0 Å². The summed E-state index contributed by atoms with van der Waals surface area (Å²) in [4.78, 5) is 13.4. The maximum absolute atomic E-state index is 10.6. The van der Waals surface area contributed by atoms with Crippen LogP contribution in [0, 0.1) is 0 Å². The number of rotatable bonds is 11. The summed E-state index contributed by atoms with van der Waals surface area (Å²) in [6.07, 6.45) is 10.8. The molecule has 0 atom stereocenters. The zero-order valence-corrected chi connectivity index (χ0v) is 19.6. The summed E-state index contributed by atoms with van der Waals surface area (Å²) in [5, 5.41) is 21.1. The lowest BCUT2D eigenvalue weighted by Crippen LogP contribution is -2.00. The van der Waals surface area contributed by atoms with Crippen LogP contribution in [-0.2, 0) is 19.3 Å². The van der Waals surface area contributed by atoms with Gasteiger partial charge in [0.2, 0.25) is 0 Å². The van der Waals surface area contributed by atoms with Gasteiger partial charge in [0.1, 0.15) is 6.33 Å². The topological polar surface area (TPSA) is 79.1 Å². The molecule has 1 heterocycles. The fourth-order valence-corrected chi connectivity index (χ4v) is 3.90. The highest BCUT2D eigenvalue weighted by Crippen LogP contribution is 2.38. The quantitative estimate of drug-likeness (QED) is 0.331. The van der Waals surface area contributed by atoms with E-state index in [1.165, 1.54) is 30.3 Å². The van der Waals surface area contributed by atoms with Crippen LogP contribution in [0.25, 0.3) is 22.8 Å². The molecule has 0 bridgehead atoms. The SMILES string of the molecule is CCCCc1ccc(-c2ncnc(-c3ccc(CCCC)c(O)c3O)n2)c(CCCC)c1. The smallest absolute Gasteiger partial charge is 0.168 e. The van der Waals surface area contributed by atoms with Gasteiger partial charge in [-0.3, -0.25) is 0 Å². The van der Waals surface area contributed by atoms with Gasteiger partial charge in [0.05, 0.1) is 5.56 Å². The normalized spacial score (nSPS) is 11.1. The van der Waals surface area contributed by atoms with Crippen LogP contribution >= 0.6 is 0 Å². The van der Waals surface area contributed by atoms with Crippen molar-refractivity contribution in [2.75, 3.05) is 0 Å². The minimum absolute atomic E-state index is 0.0816.